The van der Waals surface area contributed by atoms with Gasteiger partial charge in [0.2, 0.25) is 0 Å². The van der Waals surface area contributed by atoms with Gasteiger partial charge in [0.25, 0.3) is 0 Å². The van der Waals surface area contributed by atoms with Gasteiger partial charge >= 0.3 is 115 Å². The summed E-state index contributed by atoms with van der Waals surface area (Å²) in [5, 5.41) is 27.1. The number of aliphatic hydroxyl groups is 3. The Morgan fingerprint density at radius 1 is 1.24 bits per heavy atom. The molecule has 9 nitrogen and oxygen atoms in total. The maximum Gasteiger partial charge on any atom is 1.00 e. The third-order valence-corrected chi connectivity index (χ3v) is 3.67. The van der Waals surface area contributed by atoms with Crippen LogP contribution in [0.5, 0.6) is 0 Å². The molecular weight excluding hydrogens is 361 g/mol. The summed E-state index contributed by atoms with van der Waals surface area (Å²) in [6.45, 7) is -0.289. The molecule has 0 spiro atoms. The Labute approximate surface area is 131 Å². The average molecular weight is 377 g/mol. The van der Waals surface area contributed by atoms with Crippen molar-refractivity contribution in [3.63, 3.8) is 0 Å². The van der Waals surface area contributed by atoms with Crippen molar-refractivity contribution in [3.8, 4) is 0 Å². The summed E-state index contributed by atoms with van der Waals surface area (Å²) in [7, 11) is 0. The summed E-state index contributed by atoms with van der Waals surface area (Å²) >= 11 is -1.28. The summed E-state index contributed by atoms with van der Waals surface area (Å²) in [5.41, 5.74) is 0. The molecule has 9 N–H and O–H groups in total. The van der Waals surface area contributed by atoms with Crippen molar-refractivity contribution < 1.29 is 72.1 Å². The topological polar surface area (TPSA) is 191 Å². The first-order valence-electron chi connectivity index (χ1n) is 3.65. The van der Waals surface area contributed by atoms with Crippen molar-refractivity contribution in [2.24, 2.45) is 0 Å². The molecule has 0 aromatic rings. The van der Waals surface area contributed by atoms with Crippen molar-refractivity contribution in [2.75, 3.05) is 6.61 Å². The van der Waals surface area contributed by atoms with Gasteiger partial charge in [-0.3, -0.25) is 0 Å². The average Bonchev–Trinajstić information content (AvgIpc) is 2.62. The Bertz CT molecular complexity index is 185. The summed E-state index contributed by atoms with van der Waals surface area (Å²) in [6.07, 6.45) is -4.00. The van der Waals surface area contributed by atoms with Crippen LogP contribution in [0, 0.1) is 0 Å². The monoisotopic (exact) mass is 376 g/mol. The van der Waals surface area contributed by atoms with Gasteiger partial charge in [0.15, 0.2) is 0 Å². The summed E-state index contributed by atoms with van der Waals surface area (Å²) in [4.78, 5) is 10.1. The Morgan fingerprint density at radius 2 is 1.76 bits per heavy atom. The SMILES string of the molecule is O.O.O.O=CC(O)C(O)C1[O][Sb][O]C1CO.[Na+]. The minimum Gasteiger partial charge on any atom is 1.00 e. The molecule has 17 heavy (non-hydrogen) atoms. The zero-order chi connectivity index (χ0) is 9.84. The van der Waals surface area contributed by atoms with Crippen LogP contribution < -0.4 is 29.6 Å². The van der Waals surface area contributed by atoms with Crippen LogP contribution in [0.4, 0.5) is 0 Å². The fourth-order valence-corrected chi connectivity index (χ4v) is 2.97. The first-order chi connectivity index (χ1) is 6.20. The van der Waals surface area contributed by atoms with E-state index in [0.717, 1.165) is 0 Å². The number of aliphatic hydroxyl groups excluding tert-OH is 3. The van der Waals surface area contributed by atoms with Crippen molar-refractivity contribution in [2.45, 2.75) is 24.4 Å². The number of hydrogen-bond acceptors (Lipinski definition) is 6. The minimum absolute atomic E-state index is 0. The number of rotatable bonds is 4. The predicted molar refractivity (Wildman–Crippen MR) is 51.5 cm³/mol. The molecule has 0 aromatic heterocycles. The molecule has 1 fully saturated rings. The van der Waals surface area contributed by atoms with E-state index in [1.54, 1.807) is 0 Å². The second-order valence-corrected chi connectivity index (χ2v) is 4.22. The third-order valence-electron chi connectivity index (χ3n) is 1.72. The maximum atomic E-state index is 10.1. The van der Waals surface area contributed by atoms with Gasteiger partial charge < -0.3 is 16.4 Å². The molecule has 1 radical (unpaired) electrons. The quantitative estimate of drug-likeness (QED) is 0.322. The van der Waals surface area contributed by atoms with Crippen LogP contribution >= 0.6 is 0 Å². The van der Waals surface area contributed by atoms with E-state index < -0.39 is 46.9 Å². The van der Waals surface area contributed by atoms with E-state index in [4.69, 9.17) is 16.2 Å². The molecule has 0 aromatic carbocycles. The van der Waals surface area contributed by atoms with E-state index >= 15 is 0 Å². The number of carbonyl (C=O) groups is 1. The van der Waals surface area contributed by atoms with Crippen LogP contribution in [0.3, 0.4) is 0 Å². The first-order valence-corrected chi connectivity index (χ1v) is 5.73. The fourth-order valence-electron chi connectivity index (χ4n) is 0.952. The van der Waals surface area contributed by atoms with Crippen LogP contribution in [0.25, 0.3) is 0 Å². The van der Waals surface area contributed by atoms with Crippen molar-refractivity contribution in [3.05, 3.63) is 0 Å². The third kappa shape index (κ3) is 7.36. The first kappa shape index (κ1) is 26.7. The Hall–Kier alpha value is 1.17. The molecule has 4 atom stereocenters. The van der Waals surface area contributed by atoms with Gasteiger partial charge in [-0.25, -0.2) is 0 Å². The van der Waals surface area contributed by atoms with E-state index in [0.29, 0.717) is 0 Å². The van der Waals surface area contributed by atoms with Crippen LogP contribution in [0.15, 0.2) is 0 Å². The molecule has 0 aliphatic carbocycles. The largest absolute Gasteiger partial charge is 1.00 e. The predicted octanol–water partition coefficient (Wildman–Crippen LogP) is -8.25. The van der Waals surface area contributed by atoms with Gasteiger partial charge in [-0.2, -0.15) is 0 Å². The summed E-state index contributed by atoms with van der Waals surface area (Å²) in [5.74, 6) is 0. The van der Waals surface area contributed by atoms with Crippen molar-refractivity contribution in [1.29, 1.82) is 0 Å². The van der Waals surface area contributed by atoms with Crippen molar-refractivity contribution in [1.82, 2.24) is 0 Å². The van der Waals surface area contributed by atoms with E-state index in [-0.39, 0.29) is 58.9 Å². The van der Waals surface area contributed by atoms with Gasteiger partial charge in [0.1, 0.15) is 0 Å². The van der Waals surface area contributed by atoms with E-state index in [9.17, 15) is 9.90 Å². The van der Waals surface area contributed by atoms with Crippen LogP contribution in [-0.4, -0.2) is 91.5 Å². The normalized spacial score (nSPS) is 25.1. The van der Waals surface area contributed by atoms with Gasteiger partial charge in [-0.05, 0) is 0 Å². The smallest absolute Gasteiger partial charge is 1.00 e. The number of hydrogen-bond donors (Lipinski definition) is 3. The Morgan fingerprint density at radius 3 is 2.18 bits per heavy atom. The Balaban J connectivity index is -0.000000211. The molecule has 4 unspecified atom stereocenters. The van der Waals surface area contributed by atoms with Gasteiger partial charge in [0.05, 0.1) is 0 Å². The molecule has 1 aliphatic heterocycles. The van der Waals surface area contributed by atoms with E-state index in [1.165, 1.54) is 0 Å². The summed E-state index contributed by atoms with van der Waals surface area (Å²) < 4.78 is 10.1. The van der Waals surface area contributed by atoms with Gasteiger partial charge in [-0.1, -0.05) is 0 Å². The molecule has 99 valence electrons. The van der Waals surface area contributed by atoms with Crippen LogP contribution in [0.2, 0.25) is 0 Å². The zero-order valence-corrected chi connectivity index (χ0v) is 13.7. The molecule has 0 amide bonds. The van der Waals surface area contributed by atoms with Crippen molar-refractivity contribution >= 4 is 28.7 Å². The Kier molecular flexibility index (Phi) is 21.3. The second-order valence-electron chi connectivity index (χ2n) is 2.59. The molecule has 1 heterocycles. The molecule has 1 saturated heterocycles. The van der Waals surface area contributed by atoms with Crippen LogP contribution in [-0.2, 0) is 10.8 Å². The molecule has 0 bridgehead atoms. The van der Waals surface area contributed by atoms with Gasteiger partial charge in [-0.15, -0.1) is 0 Å². The van der Waals surface area contributed by atoms with Gasteiger partial charge in [0, 0.05) is 0 Å². The molecule has 0 saturated carbocycles. The van der Waals surface area contributed by atoms with Crippen LogP contribution in [0.1, 0.15) is 0 Å². The maximum absolute atomic E-state index is 10.1. The number of carbonyl (C=O) groups excluding carboxylic acids is 1. The second kappa shape index (κ2) is 13.6. The molecular formula is C6H16NaO9Sb+. The zero-order valence-electron chi connectivity index (χ0n) is 9.11. The minimum atomic E-state index is -1.49. The van der Waals surface area contributed by atoms with E-state index in [1.807, 2.05) is 0 Å². The van der Waals surface area contributed by atoms with E-state index in [2.05, 4.69) is 0 Å². The number of aldehydes is 1. The standard InChI is InChI=1S/C6H10O6.Na.3H2O.Sb/c7-1-3(9)5(11)6(12)4(10)2-8;;;;;/h1,3-6,8-9,11H,2H2;;3*1H2;/q-2;+1;;;;+2. The molecule has 1 rings (SSSR count). The summed E-state index contributed by atoms with van der Waals surface area (Å²) in [6, 6.07) is 0. The molecule has 1 aliphatic rings. The molecule has 11 heteroatoms. The fraction of sp³-hybridized carbons (Fsp3) is 0.833.